The minimum absolute atomic E-state index is 0.109. The van der Waals surface area contributed by atoms with E-state index in [0.29, 0.717) is 31.9 Å². The Hall–Kier alpha value is -1.41. The zero-order chi connectivity index (χ0) is 14.0. The monoisotopic (exact) mass is 271 g/mol. The molecule has 1 unspecified atom stereocenters. The fraction of sp³-hybridized carbons (Fsp3) is 0.909. The molecule has 0 aliphatic carbocycles. The molecule has 0 aromatic rings. The van der Waals surface area contributed by atoms with Gasteiger partial charge in [0, 0.05) is 19.7 Å². The van der Waals surface area contributed by atoms with Crippen molar-refractivity contribution in [1.29, 1.82) is 0 Å². The van der Waals surface area contributed by atoms with E-state index in [1.165, 1.54) is 0 Å². The van der Waals surface area contributed by atoms with E-state index < -0.39 is 5.03 Å². The minimum atomic E-state index is -0.640. The summed E-state index contributed by atoms with van der Waals surface area (Å²) in [5.74, 6) is 0.383. The molecule has 19 heavy (non-hydrogen) atoms. The van der Waals surface area contributed by atoms with Crippen molar-refractivity contribution in [2.75, 3.05) is 27.0 Å². The van der Waals surface area contributed by atoms with Gasteiger partial charge in [-0.15, -0.1) is 0 Å². The van der Waals surface area contributed by atoms with Crippen molar-refractivity contribution in [3.8, 4) is 0 Å². The van der Waals surface area contributed by atoms with Crippen LogP contribution in [0.5, 0.6) is 0 Å². The third-order valence-electron chi connectivity index (χ3n) is 3.48. The van der Waals surface area contributed by atoms with Crippen molar-refractivity contribution in [2.45, 2.75) is 39.0 Å². The maximum Gasteiger partial charge on any atom is 0.277 e. The molecule has 0 radical (unpaired) electrons. The lowest BCUT2D eigenvalue weighted by molar-refractivity contribution is -0.486. The zero-order valence-electron chi connectivity index (χ0n) is 11.7. The van der Waals surface area contributed by atoms with E-state index in [1.807, 2.05) is 11.9 Å². The minimum Gasteiger partial charge on any atom is -0.358 e. The summed E-state index contributed by atoms with van der Waals surface area (Å²) < 4.78 is 5.65. The quantitative estimate of drug-likeness (QED) is 0.551. The van der Waals surface area contributed by atoms with Crippen LogP contribution in [0.4, 0.5) is 0 Å². The molecule has 2 fully saturated rings. The van der Waals surface area contributed by atoms with Crippen molar-refractivity contribution >= 4 is 5.96 Å². The smallest absolute Gasteiger partial charge is 0.277 e. The molecule has 2 rings (SSSR count). The van der Waals surface area contributed by atoms with Gasteiger partial charge in [-0.05, 0) is 26.7 Å². The first-order valence-corrected chi connectivity index (χ1v) is 6.55. The van der Waals surface area contributed by atoms with Gasteiger partial charge in [0.15, 0.2) is 5.03 Å². The number of nitrogens with zero attached hydrogens (tertiary/aromatic N) is 5. The van der Waals surface area contributed by atoms with Crippen LogP contribution in [0.15, 0.2) is 5.10 Å². The average Bonchev–Trinajstić information content (AvgIpc) is 2.84. The Labute approximate surface area is 112 Å². The molecule has 0 spiro atoms. The van der Waals surface area contributed by atoms with Gasteiger partial charge in [0.2, 0.25) is 0 Å². The second-order valence-electron chi connectivity index (χ2n) is 5.24. The maximum absolute atomic E-state index is 10.7. The normalized spacial score (nSPS) is 27.6. The first kappa shape index (κ1) is 14.0. The molecule has 2 aliphatic heterocycles. The zero-order valence-corrected chi connectivity index (χ0v) is 11.7. The van der Waals surface area contributed by atoms with E-state index >= 15 is 0 Å². The SMILES string of the molecule is CC(C)N1CN(C)C(=N[N+](=O)[O-])N(C2CCCO2)C1. The summed E-state index contributed by atoms with van der Waals surface area (Å²) in [6.07, 6.45) is 1.76. The standard InChI is InChI=1S/C11H21N5O3/c1-9(2)14-7-13(3)11(12-16(17)18)15(8-14)10-5-4-6-19-10/h9-10H,4-8H2,1-3H3. The van der Waals surface area contributed by atoms with Crippen LogP contribution in [0.25, 0.3) is 0 Å². The van der Waals surface area contributed by atoms with E-state index in [-0.39, 0.29) is 6.23 Å². The highest BCUT2D eigenvalue weighted by Crippen LogP contribution is 2.22. The number of ether oxygens (including phenoxy) is 1. The summed E-state index contributed by atoms with van der Waals surface area (Å²) in [6.45, 7) is 6.17. The molecule has 108 valence electrons. The number of rotatable bonds is 3. The van der Waals surface area contributed by atoms with Gasteiger partial charge in [-0.25, -0.2) is 10.1 Å². The predicted octanol–water partition coefficient (Wildman–Crippen LogP) is 0.543. The molecule has 0 bridgehead atoms. The fourth-order valence-electron chi connectivity index (χ4n) is 2.42. The summed E-state index contributed by atoms with van der Waals surface area (Å²) >= 11 is 0. The second kappa shape index (κ2) is 5.70. The van der Waals surface area contributed by atoms with Crippen molar-refractivity contribution in [2.24, 2.45) is 5.10 Å². The summed E-state index contributed by atoms with van der Waals surface area (Å²) in [6, 6.07) is 0.364. The van der Waals surface area contributed by atoms with Gasteiger partial charge in [-0.2, -0.15) is 0 Å². The van der Waals surface area contributed by atoms with Crippen molar-refractivity contribution in [3.63, 3.8) is 0 Å². The van der Waals surface area contributed by atoms with Crippen LogP contribution in [0, 0.1) is 10.1 Å². The highest BCUT2D eigenvalue weighted by Gasteiger charge is 2.36. The first-order chi connectivity index (χ1) is 8.99. The van der Waals surface area contributed by atoms with Crippen LogP contribution in [-0.2, 0) is 4.74 Å². The summed E-state index contributed by atoms with van der Waals surface area (Å²) in [5.41, 5.74) is 0. The van der Waals surface area contributed by atoms with Crippen LogP contribution in [0.1, 0.15) is 26.7 Å². The number of hydrogen-bond acceptors (Lipinski definition) is 4. The molecule has 2 aliphatic rings. The molecule has 0 N–H and O–H groups in total. The molecular formula is C11H21N5O3. The third-order valence-corrected chi connectivity index (χ3v) is 3.48. The van der Waals surface area contributed by atoms with Crippen LogP contribution >= 0.6 is 0 Å². The van der Waals surface area contributed by atoms with Gasteiger partial charge >= 0.3 is 0 Å². The van der Waals surface area contributed by atoms with Crippen LogP contribution in [0.2, 0.25) is 0 Å². The molecule has 0 aromatic carbocycles. The lowest BCUT2D eigenvalue weighted by Gasteiger charge is -2.45. The van der Waals surface area contributed by atoms with Gasteiger partial charge in [-0.1, -0.05) is 0 Å². The predicted molar refractivity (Wildman–Crippen MR) is 69.7 cm³/mol. The molecule has 0 aromatic heterocycles. The van der Waals surface area contributed by atoms with Gasteiger partial charge < -0.3 is 9.64 Å². The Bertz CT molecular complexity index is 367. The third kappa shape index (κ3) is 3.13. The van der Waals surface area contributed by atoms with E-state index in [9.17, 15) is 10.1 Å². The highest BCUT2D eigenvalue weighted by molar-refractivity contribution is 5.80. The number of nitro groups is 1. The largest absolute Gasteiger partial charge is 0.358 e. The van der Waals surface area contributed by atoms with Gasteiger partial charge in [0.05, 0.1) is 13.3 Å². The summed E-state index contributed by atoms with van der Waals surface area (Å²) in [7, 11) is 1.82. The lowest BCUT2D eigenvalue weighted by atomic mass is 10.3. The maximum atomic E-state index is 10.7. The second-order valence-corrected chi connectivity index (χ2v) is 5.24. The molecule has 0 amide bonds. The summed E-state index contributed by atoms with van der Waals surface area (Å²) in [5, 5.41) is 13.6. The first-order valence-electron chi connectivity index (χ1n) is 6.55. The fourth-order valence-corrected chi connectivity index (χ4v) is 2.42. The van der Waals surface area contributed by atoms with Crippen LogP contribution < -0.4 is 0 Å². The Kier molecular flexibility index (Phi) is 4.20. The lowest BCUT2D eigenvalue weighted by Crippen LogP contribution is -2.61. The molecule has 1 atom stereocenters. The van der Waals surface area contributed by atoms with E-state index in [1.54, 1.807) is 4.90 Å². The highest BCUT2D eigenvalue weighted by atomic mass is 16.7. The Morgan fingerprint density at radius 3 is 2.74 bits per heavy atom. The Balaban J connectivity index is 2.22. The molecule has 8 heteroatoms. The summed E-state index contributed by atoms with van der Waals surface area (Å²) in [4.78, 5) is 16.6. The molecule has 2 saturated heterocycles. The van der Waals surface area contributed by atoms with Crippen LogP contribution in [-0.4, -0.2) is 65.0 Å². The van der Waals surface area contributed by atoms with Crippen molar-refractivity contribution < 1.29 is 9.77 Å². The molecule has 2 heterocycles. The molecule has 0 saturated carbocycles. The number of hydrogen-bond donors (Lipinski definition) is 0. The number of hydrazone groups is 1. The van der Waals surface area contributed by atoms with Crippen molar-refractivity contribution in [1.82, 2.24) is 14.7 Å². The molecule has 8 nitrogen and oxygen atoms in total. The van der Waals surface area contributed by atoms with Gasteiger partial charge in [0.25, 0.3) is 5.96 Å². The molecular weight excluding hydrogens is 250 g/mol. The topological polar surface area (TPSA) is 74.5 Å². The average molecular weight is 271 g/mol. The van der Waals surface area contributed by atoms with E-state index in [0.717, 1.165) is 12.8 Å². The Morgan fingerprint density at radius 1 is 1.47 bits per heavy atom. The van der Waals surface area contributed by atoms with Gasteiger partial charge in [-0.3, -0.25) is 9.80 Å². The Morgan fingerprint density at radius 2 is 2.21 bits per heavy atom. The van der Waals surface area contributed by atoms with E-state index in [4.69, 9.17) is 4.74 Å². The van der Waals surface area contributed by atoms with E-state index in [2.05, 4.69) is 23.8 Å². The van der Waals surface area contributed by atoms with Crippen LogP contribution in [0.3, 0.4) is 0 Å². The van der Waals surface area contributed by atoms with Gasteiger partial charge in [0.1, 0.15) is 11.3 Å². The number of guanidine groups is 1. The van der Waals surface area contributed by atoms with Crippen molar-refractivity contribution in [3.05, 3.63) is 10.1 Å².